The molecule has 1 heterocycles. The van der Waals surface area contributed by atoms with Crippen molar-refractivity contribution in [3.63, 3.8) is 0 Å². The van der Waals surface area contributed by atoms with E-state index >= 15 is 0 Å². The van der Waals surface area contributed by atoms with Gasteiger partial charge in [0.2, 0.25) is 0 Å². The van der Waals surface area contributed by atoms with E-state index in [1.165, 1.54) is 17.1 Å². The lowest BCUT2D eigenvalue weighted by atomic mass is 10.2. The van der Waals surface area contributed by atoms with Crippen LogP contribution in [-0.4, -0.2) is 14.0 Å². The smallest absolute Gasteiger partial charge is 0.330 e. The number of aromatic hydroxyl groups is 1. The van der Waals surface area contributed by atoms with Crippen molar-refractivity contribution in [3.05, 3.63) is 32.6 Å². The van der Waals surface area contributed by atoms with Crippen molar-refractivity contribution in [1.29, 1.82) is 0 Å². The Morgan fingerprint density at radius 3 is 2.80 bits per heavy atom. The van der Waals surface area contributed by atoms with Crippen LogP contribution in [-0.2, 0) is 7.05 Å². The zero-order valence-electron chi connectivity index (χ0n) is 7.63. The van der Waals surface area contributed by atoms with Crippen molar-refractivity contribution < 1.29 is 10.0 Å². The molecule has 0 fully saturated rings. The molecular formula is C8H6N2O4S. The van der Waals surface area contributed by atoms with Crippen molar-refractivity contribution in [3.8, 4) is 5.75 Å². The second-order valence-electron chi connectivity index (χ2n) is 2.96. The van der Waals surface area contributed by atoms with Gasteiger partial charge in [0.05, 0.1) is 10.3 Å². The highest BCUT2D eigenvalue weighted by Gasteiger charge is 2.22. The van der Waals surface area contributed by atoms with E-state index in [1.807, 2.05) is 0 Å². The maximum absolute atomic E-state index is 11.5. The minimum atomic E-state index is -0.687. The molecule has 1 N–H and O–H groups in total. The van der Waals surface area contributed by atoms with E-state index in [1.54, 1.807) is 0 Å². The number of benzene rings is 1. The molecule has 0 aliphatic rings. The first-order valence-corrected chi connectivity index (χ1v) is 4.76. The summed E-state index contributed by atoms with van der Waals surface area (Å²) in [5, 5.41) is 20.3. The fourth-order valence-corrected chi connectivity index (χ4v) is 2.32. The Bertz CT molecular complexity index is 613. The number of phenols is 1. The molecule has 0 saturated heterocycles. The van der Waals surface area contributed by atoms with Crippen LogP contribution in [0.15, 0.2) is 16.9 Å². The van der Waals surface area contributed by atoms with E-state index in [2.05, 4.69) is 0 Å². The zero-order valence-corrected chi connectivity index (χ0v) is 8.45. The van der Waals surface area contributed by atoms with Gasteiger partial charge in [-0.3, -0.25) is 18.9 Å². The molecule has 0 amide bonds. The summed E-state index contributed by atoms with van der Waals surface area (Å²) in [7, 11) is 1.52. The molecule has 0 aliphatic carbocycles. The Balaban J connectivity index is 3.00. The molecule has 7 heteroatoms. The van der Waals surface area contributed by atoms with E-state index < -0.39 is 16.4 Å². The van der Waals surface area contributed by atoms with E-state index in [4.69, 9.17) is 0 Å². The molecule has 0 atom stereocenters. The second kappa shape index (κ2) is 3.06. The maximum Gasteiger partial charge on any atom is 0.330 e. The van der Waals surface area contributed by atoms with Crippen LogP contribution in [0, 0.1) is 10.1 Å². The fraction of sp³-hybridized carbons (Fsp3) is 0.125. The Kier molecular flexibility index (Phi) is 1.97. The summed E-state index contributed by atoms with van der Waals surface area (Å²) in [6.45, 7) is 0. The van der Waals surface area contributed by atoms with Gasteiger partial charge in [-0.1, -0.05) is 0 Å². The Labute approximate surface area is 87.3 Å². The normalized spacial score (nSPS) is 10.7. The highest BCUT2D eigenvalue weighted by atomic mass is 32.1. The number of nitro groups is 1. The predicted molar refractivity (Wildman–Crippen MR) is 55.4 cm³/mol. The predicted octanol–water partition coefficient (Wildman–Crippen LogP) is 1.21. The largest absolute Gasteiger partial charge is 0.502 e. The maximum atomic E-state index is 11.5. The number of phenolic OH excluding ortho intramolecular Hbond substituents is 1. The molecule has 0 bridgehead atoms. The molecular weight excluding hydrogens is 220 g/mol. The van der Waals surface area contributed by atoms with Gasteiger partial charge in [-0.25, -0.2) is 0 Å². The van der Waals surface area contributed by atoms with Crippen LogP contribution in [0.4, 0.5) is 5.69 Å². The van der Waals surface area contributed by atoms with Crippen molar-refractivity contribution >= 4 is 27.3 Å². The van der Waals surface area contributed by atoms with E-state index in [9.17, 15) is 20.0 Å². The second-order valence-corrected chi connectivity index (χ2v) is 4.10. The van der Waals surface area contributed by atoms with Crippen LogP contribution in [0.2, 0.25) is 0 Å². The van der Waals surface area contributed by atoms with Crippen LogP contribution < -0.4 is 5.56 Å². The molecule has 0 unspecified atom stereocenters. The number of hydrogen-bond donors (Lipinski definition) is 1. The fourth-order valence-electron chi connectivity index (χ4n) is 1.35. The molecule has 15 heavy (non-hydrogen) atoms. The third-order valence-electron chi connectivity index (χ3n) is 2.04. The van der Waals surface area contributed by atoms with Crippen molar-refractivity contribution in [1.82, 2.24) is 3.96 Å². The van der Waals surface area contributed by atoms with Crippen molar-refractivity contribution in [2.24, 2.45) is 7.05 Å². The van der Waals surface area contributed by atoms with Gasteiger partial charge in [-0.2, -0.15) is 0 Å². The standard InChI is InChI=1S/C8H6N2O4S/c1-9-8(12)4-2-3-5(11)6(10(13)14)7(4)15-9/h2-3,11H,1H3. The number of nitro benzene ring substituents is 1. The van der Waals surface area contributed by atoms with Gasteiger partial charge >= 0.3 is 5.69 Å². The monoisotopic (exact) mass is 226 g/mol. The lowest BCUT2D eigenvalue weighted by molar-refractivity contribution is -0.383. The number of rotatable bonds is 1. The van der Waals surface area contributed by atoms with Crippen molar-refractivity contribution in [2.75, 3.05) is 0 Å². The average molecular weight is 226 g/mol. The van der Waals surface area contributed by atoms with Crippen LogP contribution >= 0.6 is 11.5 Å². The van der Waals surface area contributed by atoms with Gasteiger partial charge in [0.15, 0.2) is 5.75 Å². The van der Waals surface area contributed by atoms with Gasteiger partial charge in [0, 0.05) is 7.05 Å². The van der Waals surface area contributed by atoms with Crippen LogP contribution in [0.25, 0.3) is 10.1 Å². The molecule has 1 aromatic carbocycles. The number of aromatic nitrogens is 1. The van der Waals surface area contributed by atoms with Gasteiger partial charge < -0.3 is 5.11 Å². The highest BCUT2D eigenvalue weighted by Crippen LogP contribution is 2.35. The number of fused-ring (bicyclic) bond motifs is 1. The van der Waals surface area contributed by atoms with E-state index in [0.29, 0.717) is 0 Å². The van der Waals surface area contributed by atoms with Crippen LogP contribution in [0.5, 0.6) is 5.75 Å². The molecule has 0 aliphatic heterocycles. The molecule has 0 spiro atoms. The summed E-state index contributed by atoms with van der Waals surface area (Å²) in [5.41, 5.74) is -0.701. The third kappa shape index (κ3) is 1.28. The number of nitrogens with zero attached hydrogens (tertiary/aromatic N) is 2. The molecule has 0 saturated carbocycles. The molecule has 2 aromatic rings. The quantitative estimate of drug-likeness (QED) is 0.585. The SMILES string of the molecule is Cn1sc2c([N+](=O)[O-])c(O)ccc2c1=O. The lowest BCUT2D eigenvalue weighted by Gasteiger charge is -1.94. The first kappa shape index (κ1) is 9.66. The topological polar surface area (TPSA) is 85.4 Å². The van der Waals surface area contributed by atoms with Gasteiger partial charge in [0.1, 0.15) is 4.70 Å². The minimum absolute atomic E-state index is 0.201. The average Bonchev–Trinajstić information content (AvgIpc) is 2.42. The van der Waals surface area contributed by atoms with Gasteiger partial charge in [-0.05, 0) is 23.7 Å². The van der Waals surface area contributed by atoms with Crippen LogP contribution in [0.1, 0.15) is 0 Å². The molecule has 78 valence electrons. The number of aryl methyl sites for hydroxylation is 1. The third-order valence-corrected chi connectivity index (χ3v) is 3.07. The summed E-state index contributed by atoms with van der Waals surface area (Å²) < 4.78 is 1.49. The van der Waals surface area contributed by atoms with Gasteiger partial charge in [-0.15, -0.1) is 0 Å². The van der Waals surface area contributed by atoms with Crippen molar-refractivity contribution in [2.45, 2.75) is 0 Å². The summed E-state index contributed by atoms with van der Waals surface area (Å²) in [6, 6.07) is 2.55. The minimum Gasteiger partial charge on any atom is -0.502 e. The summed E-state index contributed by atoms with van der Waals surface area (Å²) in [6.07, 6.45) is 0. The first-order chi connectivity index (χ1) is 7.02. The summed E-state index contributed by atoms with van der Waals surface area (Å²) in [5.74, 6) is -0.422. The van der Waals surface area contributed by atoms with E-state index in [0.717, 1.165) is 17.6 Å². The molecule has 2 rings (SSSR count). The Hall–Kier alpha value is -1.89. The number of hydrogen-bond acceptors (Lipinski definition) is 5. The first-order valence-electron chi connectivity index (χ1n) is 3.98. The zero-order chi connectivity index (χ0) is 11.2. The van der Waals surface area contributed by atoms with Crippen LogP contribution in [0.3, 0.4) is 0 Å². The highest BCUT2D eigenvalue weighted by molar-refractivity contribution is 7.14. The molecule has 0 radical (unpaired) electrons. The van der Waals surface area contributed by atoms with Gasteiger partial charge in [0.25, 0.3) is 5.56 Å². The summed E-state index contributed by atoms with van der Waals surface area (Å²) in [4.78, 5) is 21.5. The Morgan fingerprint density at radius 2 is 2.20 bits per heavy atom. The lowest BCUT2D eigenvalue weighted by Crippen LogP contribution is -2.07. The molecule has 6 nitrogen and oxygen atoms in total. The Morgan fingerprint density at radius 1 is 1.53 bits per heavy atom. The summed E-state index contributed by atoms with van der Waals surface area (Å²) >= 11 is 0.950. The van der Waals surface area contributed by atoms with E-state index in [-0.39, 0.29) is 15.6 Å². The molecule has 1 aromatic heterocycles.